The number of hydrogen-bond donors (Lipinski definition) is 1. The first-order chi connectivity index (χ1) is 20.9. The van der Waals surface area contributed by atoms with Crippen molar-refractivity contribution in [3.05, 3.63) is 135 Å². The lowest BCUT2D eigenvalue weighted by Crippen LogP contribution is -2.41. The Morgan fingerprint density at radius 1 is 0.977 bits per heavy atom. The van der Waals surface area contributed by atoms with Crippen LogP contribution >= 0.6 is 11.3 Å². The summed E-state index contributed by atoms with van der Waals surface area (Å²) < 4.78 is 34.7. The van der Waals surface area contributed by atoms with Crippen LogP contribution in [0.25, 0.3) is 17.5 Å². The third-order valence-electron chi connectivity index (χ3n) is 6.78. The van der Waals surface area contributed by atoms with E-state index in [9.17, 15) is 38.2 Å². The summed E-state index contributed by atoms with van der Waals surface area (Å²) in [6.07, 6.45) is 1.43. The summed E-state index contributed by atoms with van der Waals surface area (Å²) in [5.74, 6) is -2.77. The predicted molar refractivity (Wildman–Crippen MR) is 161 cm³/mol. The van der Waals surface area contributed by atoms with Gasteiger partial charge in [-0.05, 0) is 48.4 Å². The Bertz CT molecular complexity index is 2130. The van der Waals surface area contributed by atoms with Gasteiger partial charge < -0.3 is 10.5 Å². The fourth-order valence-corrected chi connectivity index (χ4v) is 7.64. The SMILES string of the molecule is CCOC(=O)C1=c2s/c(=C\c3ccc([N+](=O)[O-])cc3)c(=O)n2C(N)=C(S(=O)(=O)c2ccccc2)[C@H]1c1ccc([N+](=O)[O-])cc1. The monoisotopic (exact) mass is 634 g/mol. The summed E-state index contributed by atoms with van der Waals surface area (Å²) in [6, 6.07) is 17.7. The molecule has 224 valence electrons. The number of nitro benzene ring substituents is 2. The van der Waals surface area contributed by atoms with Crippen molar-refractivity contribution in [2.75, 3.05) is 6.61 Å². The number of aromatic nitrogens is 1. The zero-order chi connectivity index (χ0) is 31.8. The lowest BCUT2D eigenvalue weighted by molar-refractivity contribution is -0.385. The van der Waals surface area contributed by atoms with Gasteiger partial charge in [0.05, 0.1) is 37.4 Å². The fourth-order valence-electron chi connectivity index (χ4n) is 4.78. The molecule has 15 heteroatoms. The topological polar surface area (TPSA) is 195 Å². The molecular weight excluding hydrogens is 612 g/mol. The van der Waals surface area contributed by atoms with Crippen LogP contribution < -0.4 is 20.5 Å². The zero-order valence-electron chi connectivity index (χ0n) is 22.8. The number of nitrogens with two attached hydrogens (primary N) is 1. The molecule has 0 amide bonds. The van der Waals surface area contributed by atoms with Crippen LogP contribution in [-0.2, 0) is 19.4 Å². The summed E-state index contributed by atoms with van der Waals surface area (Å²) in [7, 11) is -4.48. The van der Waals surface area contributed by atoms with Crippen LogP contribution in [0.4, 0.5) is 11.4 Å². The predicted octanol–water partition coefficient (Wildman–Crippen LogP) is 2.62. The molecule has 13 nitrogen and oxygen atoms in total. The van der Waals surface area contributed by atoms with Crippen LogP contribution in [-0.4, -0.2) is 35.4 Å². The lowest BCUT2D eigenvalue weighted by atomic mass is 9.89. The molecule has 4 aromatic rings. The summed E-state index contributed by atoms with van der Waals surface area (Å²) in [6.45, 7) is 1.48. The highest BCUT2D eigenvalue weighted by atomic mass is 32.2. The molecule has 2 N–H and O–H groups in total. The molecule has 0 saturated heterocycles. The highest BCUT2D eigenvalue weighted by molar-refractivity contribution is 7.95. The number of rotatable bonds is 8. The van der Waals surface area contributed by atoms with Gasteiger partial charge in [-0.1, -0.05) is 30.3 Å². The van der Waals surface area contributed by atoms with E-state index in [-0.39, 0.29) is 43.2 Å². The summed E-state index contributed by atoms with van der Waals surface area (Å²) in [5, 5.41) is 22.4. The van der Waals surface area contributed by atoms with Crippen molar-refractivity contribution in [3.63, 3.8) is 0 Å². The number of nitro groups is 2. The number of carbonyl (C=O) groups is 1. The molecule has 2 heterocycles. The number of non-ortho nitro benzene ring substituents is 2. The van der Waals surface area contributed by atoms with E-state index in [2.05, 4.69) is 0 Å². The molecule has 1 atom stereocenters. The first-order valence-corrected chi connectivity index (χ1v) is 15.2. The highest BCUT2D eigenvalue weighted by Crippen LogP contribution is 2.42. The second kappa shape index (κ2) is 11.7. The maximum atomic E-state index is 14.2. The Morgan fingerprint density at radius 2 is 1.55 bits per heavy atom. The van der Waals surface area contributed by atoms with E-state index in [1.807, 2.05) is 0 Å². The van der Waals surface area contributed by atoms with Crippen LogP contribution in [0, 0.1) is 20.2 Å². The van der Waals surface area contributed by atoms with Gasteiger partial charge in [0.1, 0.15) is 15.4 Å². The minimum absolute atomic E-state index is 0.00877. The number of hydrogen-bond acceptors (Lipinski definition) is 11. The minimum Gasteiger partial charge on any atom is -0.463 e. The number of nitrogens with zero attached hydrogens (tertiary/aromatic N) is 3. The largest absolute Gasteiger partial charge is 0.463 e. The van der Waals surface area contributed by atoms with Gasteiger partial charge in [-0.3, -0.25) is 29.6 Å². The maximum absolute atomic E-state index is 14.2. The van der Waals surface area contributed by atoms with Gasteiger partial charge in [0.2, 0.25) is 9.84 Å². The molecule has 0 unspecified atom stereocenters. The maximum Gasteiger partial charge on any atom is 0.338 e. The first-order valence-electron chi connectivity index (χ1n) is 12.9. The second-order valence-electron chi connectivity index (χ2n) is 9.39. The number of ether oxygens (including phenoxy) is 1. The molecule has 0 fully saturated rings. The van der Waals surface area contributed by atoms with E-state index in [4.69, 9.17) is 10.5 Å². The smallest absolute Gasteiger partial charge is 0.338 e. The summed E-state index contributed by atoms with van der Waals surface area (Å²) in [4.78, 5) is 48.0. The molecule has 0 spiro atoms. The molecular formula is C29H22N4O9S2. The van der Waals surface area contributed by atoms with Crippen molar-refractivity contribution >= 4 is 56.0 Å². The number of benzene rings is 3. The Hall–Kier alpha value is -5.41. The molecule has 44 heavy (non-hydrogen) atoms. The molecule has 0 saturated carbocycles. The normalized spacial score (nSPS) is 15.2. The number of fused-ring (bicyclic) bond motifs is 1. The minimum atomic E-state index is -4.48. The molecule has 3 aromatic carbocycles. The van der Waals surface area contributed by atoms with Gasteiger partial charge in [0.25, 0.3) is 16.9 Å². The van der Waals surface area contributed by atoms with E-state index in [1.165, 1.54) is 78.9 Å². The van der Waals surface area contributed by atoms with Gasteiger partial charge in [-0.25, -0.2) is 13.2 Å². The van der Waals surface area contributed by atoms with Gasteiger partial charge in [0.15, 0.2) is 0 Å². The van der Waals surface area contributed by atoms with Crippen molar-refractivity contribution in [1.29, 1.82) is 0 Å². The second-order valence-corrected chi connectivity index (χ2v) is 12.3. The average Bonchev–Trinajstić information content (AvgIpc) is 3.33. The van der Waals surface area contributed by atoms with Gasteiger partial charge in [-0.2, -0.15) is 0 Å². The van der Waals surface area contributed by atoms with Gasteiger partial charge in [0, 0.05) is 24.3 Å². The number of thiazole rings is 1. The molecule has 1 aliphatic heterocycles. The highest BCUT2D eigenvalue weighted by Gasteiger charge is 2.42. The van der Waals surface area contributed by atoms with Crippen LogP contribution in [0.1, 0.15) is 24.0 Å². The molecule has 1 aromatic heterocycles. The standard InChI is InChI=1S/C29H22N4O9S2/c1-2-42-29(35)24-23(18-10-14-20(15-11-18)33(38)39)25(44(40,41)21-6-4-3-5-7-21)26(30)31-27(34)22(43-28(24)31)16-17-8-12-19(13-9-17)32(36)37/h3-16,23H,2,30H2,1H3/b22-16-/t23-/m0/s1. The number of esters is 1. The quantitative estimate of drug-likeness (QED) is 0.171. The molecule has 0 aliphatic carbocycles. The fraction of sp³-hybridized carbons (Fsp3) is 0.103. The van der Waals surface area contributed by atoms with Crippen molar-refractivity contribution in [1.82, 2.24) is 4.57 Å². The zero-order valence-corrected chi connectivity index (χ0v) is 24.4. The van der Waals surface area contributed by atoms with Crippen molar-refractivity contribution < 1.29 is 27.8 Å². The van der Waals surface area contributed by atoms with Crippen molar-refractivity contribution in [2.45, 2.75) is 17.7 Å². The Morgan fingerprint density at radius 3 is 2.09 bits per heavy atom. The van der Waals surface area contributed by atoms with E-state index >= 15 is 0 Å². The van der Waals surface area contributed by atoms with Crippen LogP contribution in [0.3, 0.4) is 0 Å². The van der Waals surface area contributed by atoms with Crippen molar-refractivity contribution in [2.24, 2.45) is 5.73 Å². The van der Waals surface area contributed by atoms with Crippen LogP contribution in [0.2, 0.25) is 0 Å². The lowest BCUT2D eigenvalue weighted by Gasteiger charge is -2.28. The van der Waals surface area contributed by atoms with E-state index in [1.54, 1.807) is 13.0 Å². The Balaban J connectivity index is 1.88. The number of carbonyl (C=O) groups excluding carboxylic acids is 1. The Kier molecular flexibility index (Phi) is 7.99. The van der Waals surface area contributed by atoms with E-state index in [0.29, 0.717) is 5.56 Å². The van der Waals surface area contributed by atoms with Crippen LogP contribution in [0.15, 0.2) is 93.5 Å². The Labute approximate surface area is 252 Å². The molecule has 5 rings (SSSR count). The van der Waals surface area contributed by atoms with Gasteiger partial charge >= 0.3 is 5.97 Å². The van der Waals surface area contributed by atoms with E-state index < -0.39 is 47.9 Å². The summed E-state index contributed by atoms with van der Waals surface area (Å²) >= 11 is 0.854. The number of allylic oxidation sites excluding steroid dienone is 1. The first kappa shape index (κ1) is 30.1. The summed E-state index contributed by atoms with van der Waals surface area (Å²) in [5.41, 5.74) is 5.79. The van der Waals surface area contributed by atoms with Crippen molar-refractivity contribution in [3.8, 4) is 0 Å². The third kappa shape index (κ3) is 5.29. The number of sulfone groups is 1. The third-order valence-corrected chi connectivity index (χ3v) is 9.80. The van der Waals surface area contributed by atoms with Crippen LogP contribution in [0.5, 0.6) is 0 Å². The molecule has 1 aliphatic rings. The molecule has 0 bridgehead atoms. The van der Waals surface area contributed by atoms with Gasteiger partial charge in [-0.15, -0.1) is 11.3 Å². The molecule has 0 radical (unpaired) electrons. The average molecular weight is 635 g/mol. The van der Waals surface area contributed by atoms with E-state index in [0.717, 1.165) is 15.9 Å².